The minimum Gasteiger partial charge on any atom is -0.497 e. The number of aliphatic carboxylic acids is 1. The number of hydrogen-bond acceptors (Lipinski definition) is 8. The highest BCUT2D eigenvalue weighted by atomic mass is 16.5. The highest BCUT2D eigenvalue weighted by Gasteiger charge is 2.61. The minimum absolute atomic E-state index is 0.136. The van der Waals surface area contributed by atoms with Crippen LogP contribution in [0.1, 0.15) is 44.1 Å². The smallest absolute Gasteiger partial charge is 0.330 e. The molecule has 1 aliphatic heterocycles. The number of nitrogens with one attached hydrogen (secondary N) is 1. The number of benzene rings is 2. The van der Waals surface area contributed by atoms with Crippen LogP contribution < -0.4 is 19.5 Å². The summed E-state index contributed by atoms with van der Waals surface area (Å²) in [5, 5.41) is 13.6. The molecular weight excluding hydrogens is 588 g/mol. The molecule has 0 unspecified atom stereocenters. The maximum Gasteiger partial charge on any atom is 0.330 e. The van der Waals surface area contributed by atoms with E-state index in [1.165, 1.54) is 0 Å². The molecule has 0 spiro atoms. The van der Waals surface area contributed by atoms with Crippen molar-refractivity contribution in [3.05, 3.63) is 54.1 Å². The zero-order valence-corrected chi connectivity index (χ0v) is 26.6. The van der Waals surface area contributed by atoms with Gasteiger partial charge in [-0.2, -0.15) is 4.98 Å². The summed E-state index contributed by atoms with van der Waals surface area (Å²) in [6.45, 7) is 2.50. The van der Waals surface area contributed by atoms with Gasteiger partial charge in [0.1, 0.15) is 23.1 Å². The van der Waals surface area contributed by atoms with E-state index in [1.54, 1.807) is 26.2 Å². The molecule has 2 aromatic carbocycles. The molecule has 242 valence electrons. The predicted molar refractivity (Wildman–Crippen MR) is 171 cm³/mol. The number of carbonyl (C=O) groups excluding carboxylic acids is 2. The SMILES string of the molecule is COc1ccc(-c2nc(O[C@@H]3C[C@H]4C(=O)N[C@]5(C(=O)O)C[C@H]5C=CCCCCN(C)C(=O)[C@@H]4C3)c3ccc(OC)c(C)c3n2)cc1. The summed E-state index contributed by atoms with van der Waals surface area (Å²) in [4.78, 5) is 51.3. The number of carbonyl (C=O) groups is 3. The van der Waals surface area contributed by atoms with Crippen LogP contribution in [0.5, 0.6) is 17.4 Å². The van der Waals surface area contributed by atoms with Crippen molar-refractivity contribution >= 4 is 28.7 Å². The maximum absolute atomic E-state index is 13.8. The van der Waals surface area contributed by atoms with Gasteiger partial charge in [0.25, 0.3) is 0 Å². The fourth-order valence-corrected chi connectivity index (χ4v) is 6.81. The van der Waals surface area contributed by atoms with Crippen LogP contribution in [0.15, 0.2) is 48.6 Å². The summed E-state index contributed by atoms with van der Waals surface area (Å²) in [5.41, 5.74) is 0.904. The Labute approximate surface area is 267 Å². The molecule has 2 amide bonds. The Kier molecular flexibility index (Phi) is 8.59. The first-order chi connectivity index (χ1) is 22.1. The molecule has 5 atom stereocenters. The quantitative estimate of drug-likeness (QED) is 0.376. The molecule has 1 aromatic heterocycles. The van der Waals surface area contributed by atoms with Gasteiger partial charge in [0.2, 0.25) is 17.7 Å². The lowest BCUT2D eigenvalue weighted by molar-refractivity contribution is -0.145. The van der Waals surface area contributed by atoms with Gasteiger partial charge in [-0.1, -0.05) is 12.2 Å². The van der Waals surface area contributed by atoms with E-state index < -0.39 is 35.4 Å². The Morgan fingerprint density at radius 2 is 1.78 bits per heavy atom. The molecule has 0 radical (unpaired) electrons. The number of rotatable bonds is 6. The van der Waals surface area contributed by atoms with Crippen molar-refractivity contribution in [3.8, 4) is 28.8 Å². The maximum atomic E-state index is 13.8. The Balaban J connectivity index is 1.35. The van der Waals surface area contributed by atoms with Crippen LogP contribution in [-0.2, 0) is 14.4 Å². The largest absolute Gasteiger partial charge is 0.497 e. The molecule has 2 heterocycles. The van der Waals surface area contributed by atoms with Crippen LogP contribution in [0.2, 0.25) is 0 Å². The van der Waals surface area contributed by atoms with E-state index >= 15 is 0 Å². The Morgan fingerprint density at radius 1 is 1.02 bits per heavy atom. The first-order valence-electron chi connectivity index (χ1n) is 15.8. The van der Waals surface area contributed by atoms with E-state index in [0.29, 0.717) is 53.5 Å². The van der Waals surface area contributed by atoms with Crippen molar-refractivity contribution < 1.29 is 33.7 Å². The van der Waals surface area contributed by atoms with E-state index in [4.69, 9.17) is 24.2 Å². The van der Waals surface area contributed by atoms with Crippen LogP contribution in [0.25, 0.3) is 22.3 Å². The summed E-state index contributed by atoms with van der Waals surface area (Å²) in [6, 6.07) is 11.1. The summed E-state index contributed by atoms with van der Waals surface area (Å²) >= 11 is 0. The molecule has 2 saturated carbocycles. The van der Waals surface area contributed by atoms with Gasteiger partial charge < -0.3 is 29.5 Å². The van der Waals surface area contributed by atoms with Crippen molar-refractivity contribution in [1.29, 1.82) is 0 Å². The normalized spacial score (nSPS) is 26.5. The first kappa shape index (κ1) is 31.3. The molecule has 6 rings (SSSR count). The molecule has 3 aromatic rings. The molecule has 2 N–H and O–H groups in total. The number of hydrogen-bond donors (Lipinski definition) is 2. The second-order valence-corrected chi connectivity index (χ2v) is 12.6. The van der Waals surface area contributed by atoms with E-state index in [2.05, 4.69) is 5.32 Å². The number of carboxylic acid groups (broad SMARTS) is 1. The van der Waals surface area contributed by atoms with Gasteiger partial charge in [-0.25, -0.2) is 9.78 Å². The van der Waals surface area contributed by atoms with Crippen molar-refractivity contribution in [1.82, 2.24) is 20.2 Å². The van der Waals surface area contributed by atoms with Crippen molar-refractivity contribution in [2.45, 2.75) is 57.1 Å². The number of nitrogens with zero attached hydrogens (tertiary/aromatic N) is 3. The van der Waals surface area contributed by atoms with Crippen LogP contribution in [0.4, 0.5) is 0 Å². The van der Waals surface area contributed by atoms with Gasteiger partial charge in [0.15, 0.2) is 5.82 Å². The number of ether oxygens (including phenoxy) is 3. The summed E-state index contributed by atoms with van der Waals surface area (Å²) in [5.74, 6) is -1.14. The highest BCUT2D eigenvalue weighted by Crippen LogP contribution is 2.46. The molecule has 0 saturated heterocycles. The molecule has 0 bridgehead atoms. The number of carboxylic acids is 1. The van der Waals surface area contributed by atoms with Gasteiger partial charge in [0, 0.05) is 30.6 Å². The molecule has 2 aliphatic carbocycles. The van der Waals surface area contributed by atoms with Crippen molar-refractivity contribution in [2.75, 3.05) is 27.8 Å². The Bertz CT molecular complexity index is 1690. The number of aromatic nitrogens is 2. The number of aryl methyl sites for hydroxylation is 1. The molecular formula is C35H40N4O7. The monoisotopic (exact) mass is 628 g/mol. The third kappa shape index (κ3) is 5.86. The van der Waals surface area contributed by atoms with E-state index in [0.717, 1.165) is 30.4 Å². The average molecular weight is 629 g/mol. The zero-order valence-electron chi connectivity index (χ0n) is 26.6. The number of methoxy groups -OCH3 is 2. The van der Waals surface area contributed by atoms with Gasteiger partial charge in [-0.05, 0) is 81.8 Å². The van der Waals surface area contributed by atoms with Crippen LogP contribution >= 0.6 is 0 Å². The zero-order chi connectivity index (χ0) is 32.6. The summed E-state index contributed by atoms with van der Waals surface area (Å²) in [7, 11) is 4.97. The second-order valence-electron chi connectivity index (χ2n) is 12.6. The van der Waals surface area contributed by atoms with E-state index in [-0.39, 0.29) is 18.2 Å². The second kappa shape index (κ2) is 12.6. The highest BCUT2D eigenvalue weighted by molar-refractivity contribution is 5.94. The molecule has 11 nitrogen and oxygen atoms in total. The average Bonchev–Trinajstić information content (AvgIpc) is 3.59. The summed E-state index contributed by atoms with van der Waals surface area (Å²) in [6.07, 6.45) is 6.73. The molecule has 11 heteroatoms. The van der Waals surface area contributed by atoms with Gasteiger partial charge in [0.05, 0.1) is 37.0 Å². The van der Waals surface area contributed by atoms with E-state index in [1.807, 2.05) is 55.5 Å². The van der Waals surface area contributed by atoms with E-state index in [9.17, 15) is 19.5 Å². The lowest BCUT2D eigenvalue weighted by Gasteiger charge is -2.26. The summed E-state index contributed by atoms with van der Waals surface area (Å²) < 4.78 is 17.5. The van der Waals surface area contributed by atoms with Crippen molar-refractivity contribution in [3.63, 3.8) is 0 Å². The topological polar surface area (TPSA) is 140 Å². The third-order valence-corrected chi connectivity index (χ3v) is 9.66. The number of amides is 2. The Morgan fingerprint density at radius 3 is 2.50 bits per heavy atom. The first-order valence-corrected chi connectivity index (χ1v) is 15.8. The third-order valence-electron chi connectivity index (χ3n) is 9.66. The fraction of sp³-hybridized carbons (Fsp3) is 0.457. The van der Waals surface area contributed by atoms with Crippen LogP contribution in [-0.4, -0.2) is 77.2 Å². The van der Waals surface area contributed by atoms with Gasteiger partial charge in [-0.3, -0.25) is 9.59 Å². The lowest BCUT2D eigenvalue weighted by atomic mass is 9.93. The minimum atomic E-state index is -1.34. The van der Waals surface area contributed by atoms with Crippen LogP contribution in [0, 0.1) is 24.7 Å². The number of fused-ring (bicyclic) bond motifs is 3. The number of allylic oxidation sites excluding steroid dienone is 1. The lowest BCUT2D eigenvalue weighted by Crippen LogP contribution is -2.49. The van der Waals surface area contributed by atoms with Gasteiger partial charge >= 0.3 is 5.97 Å². The molecule has 3 aliphatic rings. The molecule has 46 heavy (non-hydrogen) atoms. The van der Waals surface area contributed by atoms with Crippen molar-refractivity contribution in [2.24, 2.45) is 17.8 Å². The van der Waals surface area contributed by atoms with Crippen LogP contribution in [0.3, 0.4) is 0 Å². The predicted octanol–water partition coefficient (Wildman–Crippen LogP) is 4.55. The Hall–Kier alpha value is -4.67. The fourth-order valence-electron chi connectivity index (χ4n) is 6.81. The standard InChI is InChI=1S/C35H40N4O7/c1-20-28(45-4)15-14-25-29(20)36-30(21-10-12-23(44-3)13-11-21)37-32(25)46-24-17-26-27(18-24)33(41)39(2)16-8-6-5-7-9-22-19-35(22,34(42)43)38-31(26)40/h7,9-15,22,24,26-27H,5-6,8,16-19H2,1-4H3,(H,38,40)(H,42,43)/t22-,24-,26-,27-,35-/m1/s1. The molecule has 2 fully saturated rings. The van der Waals surface area contributed by atoms with Gasteiger partial charge in [-0.15, -0.1) is 0 Å².